The maximum atomic E-state index is 12.8. The van der Waals surface area contributed by atoms with Gasteiger partial charge < -0.3 is 14.2 Å². The van der Waals surface area contributed by atoms with Crippen molar-refractivity contribution < 1.29 is 28.6 Å². The maximum absolute atomic E-state index is 12.8. The first-order chi connectivity index (χ1) is 31.3. The van der Waals surface area contributed by atoms with Crippen molar-refractivity contribution in [1.29, 1.82) is 0 Å². The molecule has 0 aliphatic rings. The van der Waals surface area contributed by atoms with E-state index in [1.165, 1.54) is 212 Å². The molecule has 64 heavy (non-hydrogen) atoms. The number of rotatable bonds is 52. The lowest BCUT2D eigenvalue weighted by Crippen LogP contribution is -2.30. The van der Waals surface area contributed by atoms with E-state index < -0.39 is 6.10 Å². The summed E-state index contributed by atoms with van der Waals surface area (Å²) in [5.74, 6) is 0.861. The van der Waals surface area contributed by atoms with Gasteiger partial charge in [-0.25, -0.2) is 0 Å². The number of esters is 3. The maximum Gasteiger partial charge on any atom is 0.306 e. The Labute approximate surface area is 399 Å². The number of hydrogen-bond donors (Lipinski definition) is 0. The summed E-state index contributed by atoms with van der Waals surface area (Å²) in [5, 5.41) is 0. The average molecular weight is 906 g/mol. The molecule has 2 atom stereocenters. The van der Waals surface area contributed by atoms with Gasteiger partial charge >= 0.3 is 17.9 Å². The molecule has 6 heteroatoms. The quantitative estimate of drug-likeness (QED) is 0.0344. The van der Waals surface area contributed by atoms with Crippen LogP contribution in [0.4, 0.5) is 0 Å². The minimum atomic E-state index is -0.763. The van der Waals surface area contributed by atoms with E-state index in [0.717, 1.165) is 69.6 Å². The molecule has 0 fully saturated rings. The highest BCUT2D eigenvalue weighted by Gasteiger charge is 2.19. The largest absolute Gasteiger partial charge is 0.462 e. The molecule has 0 radical (unpaired) electrons. The van der Waals surface area contributed by atoms with Gasteiger partial charge in [-0.05, 0) is 31.1 Å². The smallest absolute Gasteiger partial charge is 0.306 e. The molecule has 0 aromatic heterocycles. The monoisotopic (exact) mass is 905 g/mol. The van der Waals surface area contributed by atoms with E-state index in [4.69, 9.17) is 14.2 Å². The topological polar surface area (TPSA) is 78.9 Å². The molecule has 0 N–H and O–H groups in total. The van der Waals surface area contributed by atoms with Crippen LogP contribution in [0.3, 0.4) is 0 Å². The van der Waals surface area contributed by atoms with Crippen molar-refractivity contribution in [1.82, 2.24) is 0 Å². The lowest BCUT2D eigenvalue weighted by molar-refractivity contribution is -0.167. The molecule has 0 aromatic carbocycles. The Morgan fingerprint density at radius 1 is 0.328 bits per heavy atom. The Morgan fingerprint density at radius 2 is 0.594 bits per heavy atom. The van der Waals surface area contributed by atoms with Crippen molar-refractivity contribution in [3.8, 4) is 0 Å². The van der Waals surface area contributed by atoms with E-state index in [1.807, 2.05) is 0 Å². The zero-order chi connectivity index (χ0) is 46.8. The lowest BCUT2D eigenvalue weighted by Gasteiger charge is -2.18. The van der Waals surface area contributed by atoms with Crippen LogP contribution in [-0.4, -0.2) is 37.2 Å². The fourth-order valence-electron chi connectivity index (χ4n) is 8.84. The van der Waals surface area contributed by atoms with Crippen molar-refractivity contribution >= 4 is 17.9 Å². The van der Waals surface area contributed by atoms with Crippen LogP contribution in [0.15, 0.2) is 0 Å². The van der Waals surface area contributed by atoms with E-state index in [-0.39, 0.29) is 31.1 Å². The van der Waals surface area contributed by atoms with Crippen LogP contribution >= 0.6 is 0 Å². The third-order valence-electron chi connectivity index (χ3n) is 13.6. The predicted octanol–water partition coefficient (Wildman–Crippen LogP) is 18.9. The molecule has 0 rings (SSSR count). The van der Waals surface area contributed by atoms with Crippen molar-refractivity contribution in [2.24, 2.45) is 11.8 Å². The Hall–Kier alpha value is -1.59. The molecule has 0 aliphatic heterocycles. The van der Waals surface area contributed by atoms with Gasteiger partial charge in [0.1, 0.15) is 13.2 Å². The Bertz CT molecular complexity index is 980. The van der Waals surface area contributed by atoms with Crippen LogP contribution in [0.5, 0.6) is 0 Å². The molecular weight excluding hydrogens is 793 g/mol. The SMILES string of the molecule is CCCCCCCCCCCCCCCCCCCC(=O)OC[C@@H](COC(=O)CCCCCCCCCCCCCCC(C)C)OC(=O)CCCCCCCCCCCCC(C)CC. The molecule has 0 amide bonds. The highest BCUT2D eigenvalue weighted by molar-refractivity contribution is 5.71. The standard InChI is InChI=1S/C58H112O6/c1-6-8-9-10-11-12-13-14-15-16-17-18-22-28-33-38-43-48-56(59)62-51-55(64-58(61)50-45-40-35-30-25-24-27-32-37-42-47-54(5)7-2)52-63-57(60)49-44-39-34-29-23-20-19-21-26-31-36-41-46-53(3)4/h53-55H,6-52H2,1-5H3/t54?,55-/m0/s1. The number of hydrogen-bond acceptors (Lipinski definition) is 6. The summed E-state index contributed by atoms with van der Waals surface area (Å²) < 4.78 is 16.9. The summed E-state index contributed by atoms with van der Waals surface area (Å²) in [6.45, 7) is 11.4. The predicted molar refractivity (Wildman–Crippen MR) is 275 cm³/mol. The summed E-state index contributed by atoms with van der Waals surface area (Å²) in [6.07, 6.45) is 53.7. The highest BCUT2D eigenvalue weighted by Crippen LogP contribution is 2.18. The van der Waals surface area contributed by atoms with Crippen molar-refractivity contribution in [3.05, 3.63) is 0 Å². The molecule has 0 saturated carbocycles. The molecule has 380 valence electrons. The van der Waals surface area contributed by atoms with Crippen LogP contribution in [0.2, 0.25) is 0 Å². The fourth-order valence-corrected chi connectivity index (χ4v) is 8.84. The average Bonchev–Trinajstić information content (AvgIpc) is 3.28. The van der Waals surface area contributed by atoms with Crippen molar-refractivity contribution in [2.45, 2.75) is 330 Å². The summed E-state index contributed by atoms with van der Waals surface area (Å²) >= 11 is 0. The van der Waals surface area contributed by atoms with Crippen molar-refractivity contribution in [2.75, 3.05) is 13.2 Å². The van der Waals surface area contributed by atoms with E-state index in [9.17, 15) is 14.4 Å². The number of carbonyl (C=O) groups is 3. The first-order valence-electron chi connectivity index (χ1n) is 28.8. The minimum absolute atomic E-state index is 0.0629. The van der Waals surface area contributed by atoms with Crippen LogP contribution in [-0.2, 0) is 28.6 Å². The van der Waals surface area contributed by atoms with E-state index >= 15 is 0 Å². The van der Waals surface area contributed by atoms with Gasteiger partial charge in [0.05, 0.1) is 0 Å². The van der Waals surface area contributed by atoms with E-state index in [1.54, 1.807) is 0 Å². The Kier molecular flexibility index (Phi) is 49.6. The fraction of sp³-hybridized carbons (Fsp3) is 0.948. The van der Waals surface area contributed by atoms with Gasteiger partial charge in [0.15, 0.2) is 6.10 Å². The summed E-state index contributed by atoms with van der Waals surface area (Å²) in [4.78, 5) is 38.1. The number of unbranched alkanes of at least 4 members (excludes halogenated alkanes) is 36. The van der Waals surface area contributed by atoms with Gasteiger partial charge in [-0.1, -0.05) is 285 Å². The molecule has 6 nitrogen and oxygen atoms in total. The second-order valence-electron chi connectivity index (χ2n) is 20.6. The second-order valence-corrected chi connectivity index (χ2v) is 20.6. The van der Waals surface area contributed by atoms with Crippen LogP contribution in [0, 0.1) is 11.8 Å². The first kappa shape index (κ1) is 62.4. The first-order valence-corrected chi connectivity index (χ1v) is 28.8. The molecular formula is C58H112O6. The third-order valence-corrected chi connectivity index (χ3v) is 13.6. The number of carbonyl (C=O) groups excluding carboxylic acids is 3. The molecule has 0 spiro atoms. The van der Waals surface area contributed by atoms with Gasteiger partial charge in [0, 0.05) is 19.3 Å². The van der Waals surface area contributed by atoms with Crippen LogP contribution < -0.4 is 0 Å². The third kappa shape index (κ3) is 49.8. The molecule has 0 bridgehead atoms. The van der Waals surface area contributed by atoms with E-state index in [2.05, 4.69) is 34.6 Å². The van der Waals surface area contributed by atoms with Crippen LogP contribution in [0.25, 0.3) is 0 Å². The zero-order valence-electron chi connectivity index (χ0n) is 43.9. The van der Waals surface area contributed by atoms with Gasteiger partial charge in [0.25, 0.3) is 0 Å². The van der Waals surface area contributed by atoms with Gasteiger partial charge in [-0.3, -0.25) is 14.4 Å². The Morgan fingerprint density at radius 3 is 0.891 bits per heavy atom. The van der Waals surface area contributed by atoms with Gasteiger partial charge in [0.2, 0.25) is 0 Å². The summed E-state index contributed by atoms with van der Waals surface area (Å²) in [6, 6.07) is 0. The van der Waals surface area contributed by atoms with Gasteiger partial charge in [-0.15, -0.1) is 0 Å². The zero-order valence-corrected chi connectivity index (χ0v) is 43.9. The van der Waals surface area contributed by atoms with Crippen molar-refractivity contribution in [3.63, 3.8) is 0 Å². The Balaban J connectivity index is 4.30. The summed E-state index contributed by atoms with van der Waals surface area (Å²) in [5.41, 5.74) is 0. The van der Waals surface area contributed by atoms with Crippen LogP contribution in [0.1, 0.15) is 324 Å². The second kappa shape index (κ2) is 50.8. The molecule has 1 unspecified atom stereocenters. The van der Waals surface area contributed by atoms with E-state index in [0.29, 0.717) is 19.3 Å². The minimum Gasteiger partial charge on any atom is -0.462 e. The molecule has 0 saturated heterocycles. The molecule has 0 heterocycles. The molecule has 0 aliphatic carbocycles. The molecule has 0 aromatic rings. The highest BCUT2D eigenvalue weighted by atomic mass is 16.6. The van der Waals surface area contributed by atoms with Gasteiger partial charge in [-0.2, -0.15) is 0 Å². The number of ether oxygens (including phenoxy) is 3. The normalized spacial score (nSPS) is 12.5. The lowest BCUT2D eigenvalue weighted by atomic mass is 9.99. The summed E-state index contributed by atoms with van der Waals surface area (Å²) in [7, 11) is 0.